The first-order valence-electron chi connectivity index (χ1n) is 4.32. The molecule has 0 fully saturated rings. The molecule has 1 aromatic rings. The van der Waals surface area contributed by atoms with Gasteiger partial charge in [-0.15, -0.1) is 0 Å². The third kappa shape index (κ3) is 3.31. The van der Waals surface area contributed by atoms with Crippen molar-refractivity contribution in [2.24, 2.45) is 0 Å². The van der Waals surface area contributed by atoms with E-state index in [1.165, 1.54) is 6.07 Å². The molecule has 0 heterocycles. The van der Waals surface area contributed by atoms with Crippen molar-refractivity contribution in [3.8, 4) is 0 Å². The van der Waals surface area contributed by atoms with Crippen LogP contribution in [-0.4, -0.2) is 11.1 Å². The quantitative estimate of drug-likeness (QED) is 0.576. The smallest absolute Gasteiger partial charge is 0.294 e. The van der Waals surface area contributed by atoms with Gasteiger partial charge in [-0.2, -0.15) is 13.2 Å². The zero-order valence-corrected chi connectivity index (χ0v) is 11.1. The molecule has 0 N–H and O–H groups in total. The van der Waals surface area contributed by atoms with Gasteiger partial charge in [0.2, 0.25) is 0 Å². The summed E-state index contributed by atoms with van der Waals surface area (Å²) in [5.41, 5.74) is -0.747. The molecular weight excluding hydrogens is 353 g/mol. The maximum Gasteiger partial charge on any atom is 0.416 e. The fourth-order valence-electron chi connectivity index (χ4n) is 1.14. The first-order valence-corrected chi connectivity index (χ1v) is 6.23. The zero-order chi connectivity index (χ0) is 12.3. The van der Waals surface area contributed by atoms with E-state index in [1.807, 2.05) is 0 Å². The van der Waals surface area contributed by atoms with Crippen molar-refractivity contribution in [3.63, 3.8) is 0 Å². The van der Waals surface area contributed by atoms with Crippen LogP contribution in [0.25, 0.3) is 0 Å². The number of hydrogen-bond acceptors (Lipinski definition) is 1. The lowest BCUT2D eigenvalue weighted by molar-refractivity contribution is -0.137. The van der Waals surface area contributed by atoms with Gasteiger partial charge in [0, 0.05) is 21.8 Å². The summed E-state index contributed by atoms with van der Waals surface area (Å²) in [5, 5.41) is 0.425. The zero-order valence-electron chi connectivity index (χ0n) is 7.94. The van der Waals surface area contributed by atoms with Crippen molar-refractivity contribution < 1.29 is 18.0 Å². The summed E-state index contributed by atoms with van der Waals surface area (Å²) in [4.78, 5) is 11.5. The Morgan fingerprint density at radius 3 is 2.44 bits per heavy atom. The summed E-state index contributed by atoms with van der Waals surface area (Å²) < 4.78 is 37.6. The maximum absolute atomic E-state index is 12.4. The minimum atomic E-state index is -4.43. The van der Waals surface area contributed by atoms with E-state index in [0.29, 0.717) is 9.80 Å². The Bertz CT molecular complexity index is 402. The second kappa shape index (κ2) is 5.31. The molecule has 0 aliphatic heterocycles. The first-order chi connectivity index (χ1) is 7.36. The van der Waals surface area contributed by atoms with Gasteiger partial charge < -0.3 is 0 Å². The maximum atomic E-state index is 12.4. The molecule has 0 aliphatic rings. The standard InChI is InChI=1S/C10H7Br2F3O/c11-4-3-9(16)7-5-6(10(13,14)15)1-2-8(7)12/h1-2,5H,3-4H2. The van der Waals surface area contributed by atoms with Crippen LogP contribution in [0.1, 0.15) is 22.3 Å². The van der Waals surface area contributed by atoms with E-state index < -0.39 is 11.7 Å². The summed E-state index contributed by atoms with van der Waals surface area (Å²) in [6.45, 7) is 0. The SMILES string of the molecule is O=C(CCBr)c1cc(C(F)(F)F)ccc1Br. The molecule has 1 aromatic carbocycles. The number of carbonyl (C=O) groups excluding carboxylic acids is 1. The Morgan fingerprint density at radius 1 is 1.31 bits per heavy atom. The van der Waals surface area contributed by atoms with Gasteiger partial charge in [-0.3, -0.25) is 4.79 Å². The number of rotatable bonds is 3. The van der Waals surface area contributed by atoms with Gasteiger partial charge in [-0.05, 0) is 18.2 Å². The molecule has 16 heavy (non-hydrogen) atoms. The Hall–Kier alpha value is -0.360. The van der Waals surface area contributed by atoms with Crippen LogP contribution in [-0.2, 0) is 6.18 Å². The lowest BCUT2D eigenvalue weighted by Gasteiger charge is -2.09. The van der Waals surface area contributed by atoms with E-state index in [0.717, 1.165) is 12.1 Å². The van der Waals surface area contributed by atoms with E-state index >= 15 is 0 Å². The molecule has 0 saturated heterocycles. The fraction of sp³-hybridized carbons (Fsp3) is 0.300. The van der Waals surface area contributed by atoms with E-state index in [4.69, 9.17) is 0 Å². The highest BCUT2D eigenvalue weighted by Crippen LogP contribution is 2.32. The summed E-state index contributed by atoms with van der Waals surface area (Å²) in [5.74, 6) is -0.324. The van der Waals surface area contributed by atoms with Crippen molar-refractivity contribution in [2.45, 2.75) is 12.6 Å². The minimum absolute atomic E-state index is 0.0641. The molecule has 0 unspecified atom stereocenters. The van der Waals surface area contributed by atoms with Gasteiger partial charge in [0.15, 0.2) is 5.78 Å². The third-order valence-electron chi connectivity index (χ3n) is 1.92. The Labute approximate surface area is 107 Å². The van der Waals surface area contributed by atoms with Gasteiger partial charge in [-0.1, -0.05) is 31.9 Å². The van der Waals surface area contributed by atoms with E-state index in [1.54, 1.807) is 0 Å². The molecule has 88 valence electrons. The van der Waals surface area contributed by atoms with E-state index in [2.05, 4.69) is 31.9 Å². The predicted molar refractivity (Wildman–Crippen MR) is 61.9 cm³/mol. The van der Waals surface area contributed by atoms with Crippen LogP contribution in [0.3, 0.4) is 0 Å². The monoisotopic (exact) mass is 358 g/mol. The number of alkyl halides is 4. The highest BCUT2D eigenvalue weighted by atomic mass is 79.9. The van der Waals surface area contributed by atoms with Crippen LogP contribution < -0.4 is 0 Å². The van der Waals surface area contributed by atoms with Gasteiger partial charge in [0.25, 0.3) is 0 Å². The highest BCUT2D eigenvalue weighted by Gasteiger charge is 2.31. The van der Waals surface area contributed by atoms with Crippen molar-refractivity contribution in [2.75, 3.05) is 5.33 Å². The number of halogens is 5. The van der Waals surface area contributed by atoms with Crippen LogP contribution in [0.4, 0.5) is 13.2 Å². The van der Waals surface area contributed by atoms with Crippen LogP contribution in [0.5, 0.6) is 0 Å². The van der Waals surface area contributed by atoms with Gasteiger partial charge in [0.05, 0.1) is 5.56 Å². The lowest BCUT2D eigenvalue weighted by Crippen LogP contribution is -2.08. The Balaban J connectivity index is 3.14. The molecule has 1 rings (SSSR count). The predicted octanol–water partition coefficient (Wildman–Crippen LogP) is 4.44. The normalized spacial score (nSPS) is 11.6. The van der Waals surface area contributed by atoms with Gasteiger partial charge in [-0.25, -0.2) is 0 Å². The second-order valence-corrected chi connectivity index (χ2v) is 4.70. The van der Waals surface area contributed by atoms with Crippen molar-refractivity contribution in [1.29, 1.82) is 0 Å². The lowest BCUT2D eigenvalue weighted by atomic mass is 10.1. The Morgan fingerprint density at radius 2 is 1.94 bits per heavy atom. The minimum Gasteiger partial charge on any atom is -0.294 e. The van der Waals surface area contributed by atoms with Gasteiger partial charge in [0.1, 0.15) is 0 Å². The second-order valence-electron chi connectivity index (χ2n) is 3.05. The molecule has 0 bridgehead atoms. The highest BCUT2D eigenvalue weighted by molar-refractivity contribution is 9.10. The van der Waals surface area contributed by atoms with Crippen molar-refractivity contribution >= 4 is 37.6 Å². The average molecular weight is 360 g/mol. The average Bonchev–Trinajstić information content (AvgIpc) is 2.16. The Kier molecular flexibility index (Phi) is 4.55. The largest absolute Gasteiger partial charge is 0.416 e. The fourth-order valence-corrected chi connectivity index (χ4v) is 1.96. The van der Waals surface area contributed by atoms with Crippen molar-refractivity contribution in [1.82, 2.24) is 0 Å². The molecule has 0 aliphatic carbocycles. The first kappa shape index (κ1) is 13.7. The van der Waals surface area contributed by atoms with Crippen molar-refractivity contribution in [3.05, 3.63) is 33.8 Å². The molecule has 0 amide bonds. The molecule has 0 aromatic heterocycles. The van der Waals surface area contributed by atoms with Gasteiger partial charge >= 0.3 is 6.18 Å². The number of carbonyl (C=O) groups is 1. The van der Waals surface area contributed by atoms with E-state index in [9.17, 15) is 18.0 Å². The molecule has 0 spiro atoms. The topological polar surface area (TPSA) is 17.1 Å². The third-order valence-corrected chi connectivity index (χ3v) is 3.00. The molecule has 6 heteroatoms. The molecule has 0 atom stereocenters. The van der Waals surface area contributed by atoms with Crippen LogP contribution in [0, 0.1) is 0 Å². The molecule has 0 radical (unpaired) electrons. The number of benzene rings is 1. The van der Waals surface area contributed by atoms with E-state index in [-0.39, 0.29) is 17.8 Å². The summed E-state index contributed by atoms with van der Waals surface area (Å²) in [6.07, 6.45) is -4.26. The molecule has 0 saturated carbocycles. The number of ketones is 1. The molecular formula is C10H7Br2F3O. The summed E-state index contributed by atoms with van der Waals surface area (Å²) in [7, 11) is 0. The van der Waals surface area contributed by atoms with Crippen LogP contribution in [0.15, 0.2) is 22.7 Å². The molecule has 1 nitrogen and oxygen atoms in total. The summed E-state index contributed by atoms with van der Waals surface area (Å²) >= 11 is 6.14. The summed E-state index contributed by atoms with van der Waals surface area (Å²) in [6, 6.07) is 3.05. The van der Waals surface area contributed by atoms with Crippen LogP contribution >= 0.6 is 31.9 Å². The number of Topliss-reactive ketones (excluding diaryl/α,β-unsaturated/α-hetero) is 1. The number of hydrogen-bond donors (Lipinski definition) is 0. The van der Waals surface area contributed by atoms with Crippen LogP contribution in [0.2, 0.25) is 0 Å².